The van der Waals surface area contributed by atoms with Crippen LogP contribution in [-0.4, -0.2) is 36.8 Å². The highest BCUT2D eigenvalue weighted by Gasteiger charge is 2.49. The highest BCUT2D eigenvalue weighted by molar-refractivity contribution is 5.24. The smallest absolute Gasteiger partial charge is 0.315 e. The molecule has 0 unspecified atom stereocenters. The van der Waals surface area contributed by atoms with Gasteiger partial charge in [-0.25, -0.2) is 0 Å². The van der Waals surface area contributed by atoms with E-state index in [2.05, 4.69) is 41.7 Å². The quantitative estimate of drug-likeness (QED) is 0.807. The monoisotopic (exact) mass is 331 g/mol. The molecule has 3 rings (SSSR count). The molecule has 1 aromatic heterocycles. The lowest BCUT2D eigenvalue weighted by Gasteiger charge is -2.42. The van der Waals surface area contributed by atoms with Gasteiger partial charge in [0.15, 0.2) is 0 Å². The van der Waals surface area contributed by atoms with E-state index in [9.17, 15) is 0 Å². The van der Waals surface area contributed by atoms with Gasteiger partial charge in [-0.3, -0.25) is 4.98 Å². The summed E-state index contributed by atoms with van der Waals surface area (Å²) in [6.07, 6.45) is 9.76. The van der Waals surface area contributed by atoms with Crippen LogP contribution in [0.1, 0.15) is 43.9 Å². The van der Waals surface area contributed by atoms with Gasteiger partial charge in [0.2, 0.25) is 0 Å². The molecule has 0 spiro atoms. The second kappa shape index (κ2) is 9.07. The number of carbonyl (C=O) groups excluding carboxylic acids is 2. The lowest BCUT2D eigenvalue weighted by atomic mass is 9.73. The minimum absolute atomic E-state index is 0.250. The van der Waals surface area contributed by atoms with E-state index < -0.39 is 0 Å². The molecule has 1 fully saturated rings. The van der Waals surface area contributed by atoms with Crippen molar-refractivity contribution < 1.29 is 9.59 Å². The number of aryl methyl sites for hydroxylation is 1. The molecular weight excluding hydrogens is 302 g/mol. The number of fused-ring (bicyclic) bond motifs is 3. The van der Waals surface area contributed by atoms with Gasteiger partial charge in [0.25, 0.3) is 0 Å². The van der Waals surface area contributed by atoms with Crippen molar-refractivity contribution in [1.29, 1.82) is 0 Å². The Morgan fingerprint density at radius 2 is 2.04 bits per heavy atom. The Hall–Kier alpha value is -1.55. The van der Waals surface area contributed by atoms with E-state index in [1.165, 1.54) is 43.4 Å². The van der Waals surface area contributed by atoms with Crippen molar-refractivity contribution in [3.8, 4) is 0 Å². The second-order valence-corrected chi connectivity index (χ2v) is 6.87. The zero-order chi connectivity index (χ0) is 17.4. The molecule has 1 saturated carbocycles. The van der Waals surface area contributed by atoms with Gasteiger partial charge in [0.05, 0.1) is 0 Å². The summed E-state index contributed by atoms with van der Waals surface area (Å²) in [6.45, 7) is 4.47. The van der Waals surface area contributed by atoms with Crippen molar-refractivity contribution in [1.82, 2.24) is 15.6 Å². The number of nitrogens with one attached hydrogen (secondary N) is 2. The molecule has 0 saturated heterocycles. The molecule has 2 N–H and O–H groups in total. The SMILES string of the molecule is CCCNC[C@@]1(NC)[C@@H]2CCc3cccnc3C[C@H]1CC2.O=C=O. The maximum atomic E-state index is 8.12. The molecule has 2 aliphatic rings. The van der Waals surface area contributed by atoms with Gasteiger partial charge in [-0.1, -0.05) is 13.0 Å². The van der Waals surface area contributed by atoms with Crippen LogP contribution in [0.15, 0.2) is 18.3 Å². The van der Waals surface area contributed by atoms with Crippen LogP contribution in [0.4, 0.5) is 0 Å². The number of hydrogen-bond acceptors (Lipinski definition) is 5. The van der Waals surface area contributed by atoms with E-state index in [-0.39, 0.29) is 11.7 Å². The minimum Gasteiger partial charge on any atom is -0.315 e. The van der Waals surface area contributed by atoms with E-state index in [0.717, 1.165) is 25.4 Å². The van der Waals surface area contributed by atoms with Gasteiger partial charge in [-0.15, -0.1) is 0 Å². The number of likely N-dealkylation sites (N-methyl/N-ethyl adjacent to an activating group) is 1. The van der Waals surface area contributed by atoms with E-state index in [1.54, 1.807) is 0 Å². The molecule has 0 aromatic carbocycles. The van der Waals surface area contributed by atoms with Gasteiger partial charge in [0, 0.05) is 24.0 Å². The first kappa shape index (κ1) is 18.8. The molecule has 1 heterocycles. The van der Waals surface area contributed by atoms with E-state index >= 15 is 0 Å². The number of aromatic nitrogens is 1. The fourth-order valence-corrected chi connectivity index (χ4v) is 4.64. The van der Waals surface area contributed by atoms with Crippen LogP contribution in [0.25, 0.3) is 0 Å². The van der Waals surface area contributed by atoms with Gasteiger partial charge in [-0.2, -0.15) is 9.59 Å². The molecule has 24 heavy (non-hydrogen) atoms. The summed E-state index contributed by atoms with van der Waals surface area (Å²) in [4.78, 5) is 20.9. The first-order chi connectivity index (χ1) is 11.7. The number of hydrogen-bond donors (Lipinski definition) is 2. The van der Waals surface area contributed by atoms with Crippen molar-refractivity contribution in [2.45, 2.75) is 51.0 Å². The first-order valence-corrected chi connectivity index (χ1v) is 9.03. The van der Waals surface area contributed by atoms with Gasteiger partial charge in [-0.05, 0) is 75.6 Å². The molecule has 0 aliphatic heterocycles. The van der Waals surface area contributed by atoms with Crippen LogP contribution in [0.3, 0.4) is 0 Å². The summed E-state index contributed by atoms with van der Waals surface area (Å²) in [5.74, 6) is 1.51. The Morgan fingerprint density at radius 3 is 2.75 bits per heavy atom. The number of rotatable bonds is 5. The second-order valence-electron chi connectivity index (χ2n) is 6.87. The Morgan fingerprint density at radius 1 is 1.29 bits per heavy atom. The van der Waals surface area contributed by atoms with Gasteiger partial charge in [0.1, 0.15) is 0 Å². The molecule has 3 atom stereocenters. The topological polar surface area (TPSA) is 71.1 Å². The summed E-state index contributed by atoms with van der Waals surface area (Å²) in [5, 5.41) is 7.43. The largest absolute Gasteiger partial charge is 0.373 e. The normalized spacial score (nSPS) is 27.9. The molecule has 0 radical (unpaired) electrons. The van der Waals surface area contributed by atoms with E-state index in [4.69, 9.17) is 9.59 Å². The average Bonchev–Trinajstić information content (AvgIpc) is 2.96. The summed E-state index contributed by atoms with van der Waals surface area (Å²) >= 11 is 0. The summed E-state index contributed by atoms with van der Waals surface area (Å²) in [5.41, 5.74) is 3.10. The lowest BCUT2D eigenvalue weighted by molar-refractivity contribution is -0.191. The predicted octanol–water partition coefficient (Wildman–Crippen LogP) is 1.97. The fraction of sp³-hybridized carbons (Fsp3) is 0.684. The van der Waals surface area contributed by atoms with Gasteiger partial charge < -0.3 is 10.6 Å². The third-order valence-corrected chi connectivity index (χ3v) is 5.82. The number of pyridine rings is 1. The highest BCUT2D eigenvalue weighted by Crippen LogP contribution is 2.45. The fourth-order valence-electron chi connectivity index (χ4n) is 4.64. The summed E-state index contributed by atoms with van der Waals surface area (Å²) < 4.78 is 0. The van der Waals surface area contributed by atoms with Crippen LogP contribution in [-0.2, 0) is 22.4 Å². The van der Waals surface area contributed by atoms with Crippen LogP contribution >= 0.6 is 0 Å². The first-order valence-electron chi connectivity index (χ1n) is 9.03. The highest BCUT2D eigenvalue weighted by atomic mass is 16.2. The van der Waals surface area contributed by atoms with Gasteiger partial charge >= 0.3 is 6.15 Å². The summed E-state index contributed by atoms with van der Waals surface area (Å²) in [7, 11) is 2.17. The molecule has 5 nitrogen and oxygen atoms in total. The van der Waals surface area contributed by atoms with Crippen LogP contribution in [0.2, 0.25) is 0 Å². The van der Waals surface area contributed by atoms with Crippen molar-refractivity contribution >= 4 is 6.15 Å². The minimum atomic E-state index is 0.250. The average molecular weight is 331 g/mol. The van der Waals surface area contributed by atoms with E-state index in [1.807, 2.05) is 6.20 Å². The van der Waals surface area contributed by atoms with Crippen molar-refractivity contribution in [2.75, 3.05) is 20.1 Å². The molecule has 1 aromatic rings. The zero-order valence-corrected chi connectivity index (χ0v) is 14.8. The van der Waals surface area contributed by atoms with Crippen molar-refractivity contribution in [2.24, 2.45) is 11.8 Å². The Balaban J connectivity index is 0.000000647. The van der Waals surface area contributed by atoms with Crippen LogP contribution in [0, 0.1) is 11.8 Å². The lowest BCUT2D eigenvalue weighted by Crippen LogP contribution is -2.59. The predicted molar refractivity (Wildman–Crippen MR) is 92.4 cm³/mol. The molecule has 2 aliphatic carbocycles. The maximum Gasteiger partial charge on any atom is 0.373 e. The summed E-state index contributed by atoms with van der Waals surface area (Å²) in [6, 6.07) is 4.37. The molecule has 5 heteroatoms. The van der Waals surface area contributed by atoms with E-state index in [0.29, 0.717) is 5.92 Å². The molecule has 0 amide bonds. The standard InChI is InChI=1S/C18H29N3.CO2/c1-3-10-20-13-18(19-2)15-7-6-14-5-4-11-21-17(14)12-16(18)9-8-15;2-1-3/h4-5,11,15-16,19-20H,3,6-10,12-13H2,1-2H3;/t15-,16-,18-;/m1./s1. The maximum absolute atomic E-state index is 8.12. The third kappa shape index (κ3) is 3.92. The van der Waals surface area contributed by atoms with Crippen LogP contribution < -0.4 is 10.6 Å². The Kier molecular flexibility index (Phi) is 7.10. The Bertz CT molecular complexity index is 557. The Labute approximate surface area is 144 Å². The molecule has 2 bridgehead atoms. The third-order valence-electron chi connectivity index (χ3n) is 5.82. The van der Waals surface area contributed by atoms with Crippen molar-refractivity contribution in [3.63, 3.8) is 0 Å². The van der Waals surface area contributed by atoms with Crippen molar-refractivity contribution in [3.05, 3.63) is 29.6 Å². The van der Waals surface area contributed by atoms with Crippen LogP contribution in [0.5, 0.6) is 0 Å². The molecule has 132 valence electrons. The zero-order valence-electron chi connectivity index (χ0n) is 14.8. The molecular formula is C19H29N3O2. The number of nitrogens with zero attached hydrogens (tertiary/aromatic N) is 1.